The van der Waals surface area contributed by atoms with E-state index in [1.54, 1.807) is 0 Å². The molecular weight excluding hydrogens is 316 g/mol. The van der Waals surface area contributed by atoms with Crippen molar-refractivity contribution in [2.24, 2.45) is 5.92 Å². The molecule has 1 N–H and O–H groups in total. The quantitative estimate of drug-likeness (QED) is 0.835. The van der Waals surface area contributed by atoms with Gasteiger partial charge in [0.25, 0.3) is 0 Å². The predicted octanol–water partition coefficient (Wildman–Crippen LogP) is 2.67. The molecule has 5 nitrogen and oxygen atoms in total. The first-order chi connectivity index (χ1) is 12.2. The molecule has 25 heavy (non-hydrogen) atoms. The lowest BCUT2D eigenvalue weighted by Crippen LogP contribution is -2.47. The van der Waals surface area contributed by atoms with Crippen molar-refractivity contribution in [2.75, 3.05) is 20.2 Å². The summed E-state index contributed by atoms with van der Waals surface area (Å²) < 4.78 is 4.95. The molecule has 2 aliphatic rings. The highest BCUT2D eigenvalue weighted by Gasteiger charge is 2.37. The summed E-state index contributed by atoms with van der Waals surface area (Å²) in [6.07, 6.45) is 6.04. The number of carbonyl (C=O) groups is 2. The second kappa shape index (κ2) is 8.48. The molecule has 1 aromatic carbocycles. The molecular formula is C20H28N2O3. The third-order valence-corrected chi connectivity index (χ3v) is 5.45. The van der Waals surface area contributed by atoms with Crippen molar-refractivity contribution < 1.29 is 14.3 Å². The van der Waals surface area contributed by atoms with Crippen molar-refractivity contribution in [3.8, 4) is 0 Å². The molecule has 5 heteroatoms. The standard InChI is InChI=1S/C20H28N2O3/c1-25-20(24)16-11-8-12-17(16)21-18(15-9-4-2-5-10-15)19(23)22-13-6-3-7-14-22/h2,4-5,9-10,16-18,21H,3,6-8,11-14H2,1H3/t16-,17-,18-/m1/s1. The number of amides is 1. The van der Waals surface area contributed by atoms with Crippen LogP contribution in [0.1, 0.15) is 50.1 Å². The Morgan fingerprint density at radius 3 is 2.48 bits per heavy atom. The summed E-state index contributed by atoms with van der Waals surface area (Å²) in [6.45, 7) is 1.66. The highest BCUT2D eigenvalue weighted by Crippen LogP contribution is 2.30. The van der Waals surface area contributed by atoms with Crippen LogP contribution in [0.4, 0.5) is 0 Å². The van der Waals surface area contributed by atoms with E-state index < -0.39 is 6.04 Å². The minimum Gasteiger partial charge on any atom is -0.469 e. The number of hydrogen-bond donors (Lipinski definition) is 1. The van der Waals surface area contributed by atoms with Gasteiger partial charge < -0.3 is 9.64 Å². The van der Waals surface area contributed by atoms with Gasteiger partial charge in [-0.2, -0.15) is 0 Å². The normalized spacial score (nSPS) is 24.8. The maximum absolute atomic E-state index is 13.2. The van der Waals surface area contributed by atoms with Gasteiger partial charge >= 0.3 is 5.97 Å². The molecule has 1 saturated heterocycles. The third-order valence-electron chi connectivity index (χ3n) is 5.45. The van der Waals surface area contributed by atoms with Gasteiger partial charge in [0.1, 0.15) is 6.04 Å². The number of piperidine rings is 1. The number of methoxy groups -OCH3 is 1. The lowest BCUT2D eigenvalue weighted by Gasteiger charge is -2.33. The van der Waals surface area contributed by atoms with Crippen molar-refractivity contribution >= 4 is 11.9 Å². The summed E-state index contributed by atoms with van der Waals surface area (Å²) in [5, 5.41) is 3.50. The van der Waals surface area contributed by atoms with Crippen LogP contribution in [0.3, 0.4) is 0 Å². The van der Waals surface area contributed by atoms with Crippen LogP contribution in [0, 0.1) is 5.92 Å². The molecule has 1 aliphatic carbocycles. The number of esters is 1. The summed E-state index contributed by atoms with van der Waals surface area (Å²) >= 11 is 0. The number of ether oxygens (including phenoxy) is 1. The van der Waals surface area contributed by atoms with E-state index in [1.807, 2.05) is 35.2 Å². The number of rotatable bonds is 5. The zero-order valence-electron chi connectivity index (χ0n) is 14.9. The summed E-state index contributed by atoms with van der Waals surface area (Å²) in [4.78, 5) is 27.2. The smallest absolute Gasteiger partial charge is 0.310 e. The van der Waals surface area contributed by atoms with Gasteiger partial charge in [-0.25, -0.2) is 0 Å². The maximum atomic E-state index is 13.2. The SMILES string of the molecule is COC(=O)[C@@H]1CCC[C@H]1N[C@@H](C(=O)N1CCCCC1)c1ccccc1. The lowest BCUT2D eigenvalue weighted by atomic mass is 9.98. The highest BCUT2D eigenvalue weighted by molar-refractivity contribution is 5.83. The van der Waals surface area contributed by atoms with E-state index in [0.29, 0.717) is 0 Å². The van der Waals surface area contributed by atoms with Crippen LogP contribution in [0.2, 0.25) is 0 Å². The molecule has 2 fully saturated rings. The zero-order chi connectivity index (χ0) is 17.6. The Labute approximate surface area is 149 Å². The van der Waals surface area contributed by atoms with Gasteiger partial charge in [-0.15, -0.1) is 0 Å². The van der Waals surface area contributed by atoms with Crippen LogP contribution in [0.15, 0.2) is 30.3 Å². The Bertz CT molecular complexity index is 584. The summed E-state index contributed by atoms with van der Waals surface area (Å²) in [6, 6.07) is 9.45. The molecule has 0 radical (unpaired) electrons. The van der Waals surface area contributed by atoms with Crippen molar-refractivity contribution in [1.82, 2.24) is 10.2 Å². The van der Waals surface area contributed by atoms with Crippen LogP contribution in [0.5, 0.6) is 0 Å². The Kier molecular flexibility index (Phi) is 6.08. The summed E-state index contributed by atoms with van der Waals surface area (Å²) in [7, 11) is 1.44. The minimum atomic E-state index is -0.394. The number of nitrogens with one attached hydrogen (secondary N) is 1. The van der Waals surface area contributed by atoms with Crippen molar-refractivity contribution in [3.05, 3.63) is 35.9 Å². The fourth-order valence-electron chi connectivity index (χ4n) is 4.06. The summed E-state index contributed by atoms with van der Waals surface area (Å²) in [5.74, 6) is -0.209. The lowest BCUT2D eigenvalue weighted by molar-refractivity contribution is -0.146. The number of nitrogens with zero attached hydrogens (tertiary/aromatic N) is 1. The van der Waals surface area contributed by atoms with E-state index in [1.165, 1.54) is 13.5 Å². The van der Waals surface area contributed by atoms with E-state index >= 15 is 0 Å². The molecule has 0 unspecified atom stereocenters. The number of benzene rings is 1. The van der Waals surface area contributed by atoms with Crippen molar-refractivity contribution in [3.63, 3.8) is 0 Å². The third kappa shape index (κ3) is 4.21. The van der Waals surface area contributed by atoms with Gasteiger partial charge in [-0.3, -0.25) is 14.9 Å². The molecule has 0 spiro atoms. The Balaban J connectivity index is 1.79. The Morgan fingerprint density at radius 1 is 1.08 bits per heavy atom. The molecule has 1 aliphatic heterocycles. The molecule has 0 bridgehead atoms. The molecule has 0 aromatic heterocycles. The first-order valence-corrected chi connectivity index (χ1v) is 9.38. The van der Waals surface area contributed by atoms with E-state index in [4.69, 9.17) is 4.74 Å². The number of hydrogen-bond acceptors (Lipinski definition) is 4. The van der Waals surface area contributed by atoms with E-state index in [-0.39, 0.29) is 23.8 Å². The van der Waals surface area contributed by atoms with Crippen LogP contribution < -0.4 is 5.32 Å². The first kappa shape index (κ1) is 17.9. The number of carbonyl (C=O) groups excluding carboxylic acids is 2. The molecule has 3 atom stereocenters. The molecule has 136 valence electrons. The predicted molar refractivity (Wildman–Crippen MR) is 95.9 cm³/mol. The molecule has 1 heterocycles. The van der Waals surface area contributed by atoms with Gasteiger partial charge in [0.15, 0.2) is 0 Å². The van der Waals surface area contributed by atoms with E-state index in [2.05, 4.69) is 5.32 Å². The number of likely N-dealkylation sites (tertiary alicyclic amines) is 1. The fraction of sp³-hybridized carbons (Fsp3) is 0.600. The fourth-order valence-corrected chi connectivity index (χ4v) is 4.06. The van der Waals surface area contributed by atoms with Gasteiger partial charge in [0, 0.05) is 19.1 Å². The second-order valence-electron chi connectivity index (χ2n) is 7.06. The molecule has 1 amide bonds. The van der Waals surface area contributed by atoms with Gasteiger partial charge in [-0.1, -0.05) is 36.8 Å². The zero-order valence-corrected chi connectivity index (χ0v) is 14.9. The Morgan fingerprint density at radius 2 is 1.80 bits per heavy atom. The topological polar surface area (TPSA) is 58.6 Å². The van der Waals surface area contributed by atoms with Crippen molar-refractivity contribution in [1.29, 1.82) is 0 Å². The van der Waals surface area contributed by atoms with E-state index in [0.717, 1.165) is 50.8 Å². The van der Waals surface area contributed by atoms with Crippen LogP contribution in [-0.4, -0.2) is 43.0 Å². The van der Waals surface area contributed by atoms with E-state index in [9.17, 15) is 9.59 Å². The van der Waals surface area contributed by atoms with Crippen LogP contribution >= 0.6 is 0 Å². The second-order valence-corrected chi connectivity index (χ2v) is 7.06. The largest absolute Gasteiger partial charge is 0.469 e. The molecule has 3 rings (SSSR count). The van der Waals surface area contributed by atoms with Gasteiger partial charge in [0.2, 0.25) is 5.91 Å². The van der Waals surface area contributed by atoms with Crippen LogP contribution in [-0.2, 0) is 14.3 Å². The van der Waals surface area contributed by atoms with Gasteiger partial charge in [0.05, 0.1) is 13.0 Å². The Hall–Kier alpha value is -1.88. The van der Waals surface area contributed by atoms with Gasteiger partial charge in [-0.05, 0) is 37.7 Å². The first-order valence-electron chi connectivity index (χ1n) is 9.38. The minimum absolute atomic E-state index is 0.00797. The molecule has 1 aromatic rings. The maximum Gasteiger partial charge on any atom is 0.310 e. The average Bonchev–Trinajstić information content (AvgIpc) is 3.14. The van der Waals surface area contributed by atoms with Crippen molar-refractivity contribution in [2.45, 2.75) is 50.6 Å². The summed E-state index contributed by atoms with van der Waals surface area (Å²) in [5.41, 5.74) is 0.966. The van der Waals surface area contributed by atoms with Crippen LogP contribution in [0.25, 0.3) is 0 Å². The highest BCUT2D eigenvalue weighted by atomic mass is 16.5. The average molecular weight is 344 g/mol. The molecule has 1 saturated carbocycles. The monoisotopic (exact) mass is 344 g/mol.